The van der Waals surface area contributed by atoms with E-state index in [-0.39, 0.29) is 35.8 Å². The topological polar surface area (TPSA) is 111 Å². The van der Waals surface area contributed by atoms with E-state index in [2.05, 4.69) is 20.4 Å². The summed E-state index contributed by atoms with van der Waals surface area (Å²) < 4.78 is 6.82. The van der Waals surface area contributed by atoms with Gasteiger partial charge >= 0.3 is 5.69 Å². The lowest BCUT2D eigenvalue weighted by molar-refractivity contribution is -0.385. The van der Waals surface area contributed by atoms with E-state index >= 15 is 0 Å². The van der Waals surface area contributed by atoms with Crippen molar-refractivity contribution in [2.75, 3.05) is 27.2 Å². The van der Waals surface area contributed by atoms with Crippen molar-refractivity contribution in [2.45, 2.75) is 33.0 Å². The standard InChI is InChI=1S/C16H25N7O3S.HI/c1-5-17-16(18-6-7-22-10-14(8-19-22)23(24)25)21(3)9-13-11-27-15(20-13)12(2)26-4;/h8,10-12H,5-7,9H2,1-4H3,(H,17,18);1H. The van der Waals surface area contributed by atoms with Gasteiger partial charge in [-0.05, 0) is 13.8 Å². The summed E-state index contributed by atoms with van der Waals surface area (Å²) in [5.74, 6) is 0.744. The third-order valence-electron chi connectivity index (χ3n) is 3.79. The van der Waals surface area contributed by atoms with Crippen molar-refractivity contribution >= 4 is 47.0 Å². The van der Waals surface area contributed by atoms with Crippen molar-refractivity contribution in [3.8, 4) is 0 Å². The molecule has 2 aromatic rings. The lowest BCUT2D eigenvalue weighted by Gasteiger charge is -2.21. The zero-order valence-corrected chi connectivity index (χ0v) is 19.5. The number of aromatic nitrogens is 3. The summed E-state index contributed by atoms with van der Waals surface area (Å²) in [4.78, 5) is 21.4. The molecule has 0 amide bonds. The molecule has 2 heterocycles. The van der Waals surface area contributed by atoms with E-state index in [4.69, 9.17) is 4.74 Å². The highest BCUT2D eigenvalue weighted by atomic mass is 127. The number of nitro groups is 1. The number of nitrogens with one attached hydrogen (secondary N) is 1. The van der Waals surface area contributed by atoms with Crippen LogP contribution in [-0.2, 0) is 17.8 Å². The Morgan fingerprint density at radius 2 is 2.32 bits per heavy atom. The van der Waals surface area contributed by atoms with Gasteiger partial charge in [0.05, 0.1) is 30.3 Å². The fourth-order valence-corrected chi connectivity index (χ4v) is 3.14. The first-order chi connectivity index (χ1) is 12.9. The molecule has 1 atom stereocenters. The van der Waals surface area contributed by atoms with Crippen molar-refractivity contribution in [1.29, 1.82) is 0 Å². The minimum absolute atomic E-state index is 0. The summed E-state index contributed by atoms with van der Waals surface area (Å²) in [6.45, 7) is 6.24. The number of guanidine groups is 1. The molecule has 0 saturated carbocycles. The van der Waals surface area contributed by atoms with Crippen molar-refractivity contribution in [1.82, 2.24) is 25.0 Å². The van der Waals surface area contributed by atoms with Crippen LogP contribution in [0.4, 0.5) is 5.69 Å². The third kappa shape index (κ3) is 6.98. The summed E-state index contributed by atoms with van der Waals surface area (Å²) in [6, 6.07) is 0. The van der Waals surface area contributed by atoms with Gasteiger partial charge in [0.25, 0.3) is 0 Å². The van der Waals surface area contributed by atoms with Gasteiger partial charge < -0.3 is 15.0 Å². The van der Waals surface area contributed by atoms with Gasteiger partial charge in [0.15, 0.2) is 5.96 Å². The quantitative estimate of drug-likeness (QED) is 0.177. The Morgan fingerprint density at radius 1 is 1.57 bits per heavy atom. The van der Waals surface area contributed by atoms with Crippen LogP contribution in [0.2, 0.25) is 0 Å². The molecule has 1 unspecified atom stereocenters. The third-order valence-corrected chi connectivity index (χ3v) is 4.84. The first-order valence-electron chi connectivity index (χ1n) is 8.58. The lowest BCUT2D eigenvalue weighted by atomic mass is 10.4. The second-order valence-electron chi connectivity index (χ2n) is 5.87. The van der Waals surface area contributed by atoms with Crippen molar-refractivity contribution < 1.29 is 9.66 Å². The van der Waals surface area contributed by atoms with Gasteiger partial charge in [-0.15, -0.1) is 35.3 Å². The number of halogens is 1. The van der Waals surface area contributed by atoms with E-state index in [1.807, 2.05) is 31.2 Å². The molecule has 0 aliphatic rings. The molecule has 28 heavy (non-hydrogen) atoms. The maximum Gasteiger partial charge on any atom is 0.306 e. The average molecular weight is 523 g/mol. The molecule has 0 bridgehead atoms. The minimum atomic E-state index is -0.461. The van der Waals surface area contributed by atoms with Crippen molar-refractivity contribution in [2.24, 2.45) is 4.99 Å². The molecule has 0 aliphatic heterocycles. The van der Waals surface area contributed by atoms with E-state index in [9.17, 15) is 10.1 Å². The highest BCUT2D eigenvalue weighted by molar-refractivity contribution is 14.0. The van der Waals surface area contributed by atoms with Gasteiger partial charge in [0.1, 0.15) is 23.5 Å². The smallest absolute Gasteiger partial charge is 0.306 e. The van der Waals surface area contributed by atoms with Gasteiger partial charge in [0, 0.05) is 26.1 Å². The van der Waals surface area contributed by atoms with Crippen LogP contribution in [0.15, 0.2) is 22.8 Å². The molecule has 156 valence electrons. The van der Waals surface area contributed by atoms with Gasteiger partial charge in [-0.2, -0.15) is 5.10 Å². The normalized spacial score (nSPS) is 12.4. The van der Waals surface area contributed by atoms with Crippen LogP contribution < -0.4 is 5.32 Å². The second-order valence-corrected chi connectivity index (χ2v) is 6.76. The van der Waals surface area contributed by atoms with Crippen LogP contribution in [0.1, 0.15) is 30.7 Å². The molecule has 10 nitrogen and oxygen atoms in total. The van der Waals surface area contributed by atoms with Crippen molar-refractivity contribution in [3.63, 3.8) is 0 Å². The molecule has 0 fully saturated rings. The number of nitrogens with zero attached hydrogens (tertiary/aromatic N) is 6. The van der Waals surface area contributed by atoms with E-state index in [0.717, 1.165) is 23.2 Å². The van der Waals surface area contributed by atoms with Gasteiger partial charge in [-0.1, -0.05) is 0 Å². The first-order valence-corrected chi connectivity index (χ1v) is 9.46. The molecule has 0 saturated heterocycles. The minimum Gasteiger partial charge on any atom is -0.375 e. The van der Waals surface area contributed by atoms with Crippen LogP contribution in [0.3, 0.4) is 0 Å². The predicted molar refractivity (Wildman–Crippen MR) is 119 cm³/mol. The average Bonchev–Trinajstić information content (AvgIpc) is 3.30. The molecule has 12 heteroatoms. The van der Waals surface area contributed by atoms with Crippen LogP contribution in [0, 0.1) is 10.1 Å². The SMILES string of the molecule is CCNC(=NCCn1cc([N+](=O)[O-])cn1)N(C)Cc1csc(C(C)OC)n1.I. The predicted octanol–water partition coefficient (Wildman–Crippen LogP) is 2.67. The Morgan fingerprint density at radius 3 is 2.93 bits per heavy atom. The zero-order chi connectivity index (χ0) is 19.8. The van der Waals surface area contributed by atoms with E-state index in [1.165, 1.54) is 17.1 Å². The summed E-state index contributed by atoms with van der Waals surface area (Å²) in [6.07, 6.45) is 2.62. The summed E-state index contributed by atoms with van der Waals surface area (Å²) in [5.41, 5.74) is 0.933. The number of hydrogen-bond acceptors (Lipinski definition) is 7. The fourth-order valence-electron chi connectivity index (χ4n) is 2.30. The van der Waals surface area contributed by atoms with E-state index in [1.54, 1.807) is 18.4 Å². The molecule has 0 spiro atoms. The maximum atomic E-state index is 10.7. The maximum absolute atomic E-state index is 10.7. The Hall–Kier alpha value is -1.80. The number of ether oxygens (including phenoxy) is 1. The molecular weight excluding hydrogens is 497 g/mol. The monoisotopic (exact) mass is 523 g/mol. The number of methoxy groups -OCH3 is 1. The molecule has 0 aromatic carbocycles. The summed E-state index contributed by atoms with van der Waals surface area (Å²) >= 11 is 1.58. The van der Waals surface area contributed by atoms with Crippen molar-refractivity contribution in [3.05, 3.63) is 38.6 Å². The summed E-state index contributed by atoms with van der Waals surface area (Å²) in [5, 5.41) is 20.9. The number of rotatable bonds is 9. The highest BCUT2D eigenvalue weighted by Gasteiger charge is 2.13. The van der Waals surface area contributed by atoms with Gasteiger partial charge in [-0.25, -0.2) is 4.98 Å². The van der Waals surface area contributed by atoms with Crippen LogP contribution >= 0.6 is 35.3 Å². The molecule has 0 radical (unpaired) electrons. The van der Waals surface area contributed by atoms with E-state index in [0.29, 0.717) is 19.6 Å². The second kappa shape index (κ2) is 11.9. The lowest BCUT2D eigenvalue weighted by Crippen LogP contribution is -2.38. The van der Waals surface area contributed by atoms with Gasteiger partial charge in [-0.3, -0.25) is 19.8 Å². The molecule has 2 rings (SSSR count). The van der Waals surface area contributed by atoms with E-state index < -0.39 is 4.92 Å². The number of thiazole rings is 1. The largest absolute Gasteiger partial charge is 0.375 e. The number of aliphatic imine (C=N–C) groups is 1. The highest BCUT2D eigenvalue weighted by Crippen LogP contribution is 2.20. The Bertz CT molecular complexity index is 780. The summed E-state index contributed by atoms with van der Waals surface area (Å²) in [7, 11) is 3.61. The number of hydrogen-bond donors (Lipinski definition) is 1. The molecule has 2 aromatic heterocycles. The van der Waals surface area contributed by atoms with Crippen LogP contribution in [-0.4, -0.2) is 57.8 Å². The van der Waals surface area contributed by atoms with Gasteiger partial charge in [0.2, 0.25) is 0 Å². The van der Waals surface area contributed by atoms with Crippen LogP contribution in [0.5, 0.6) is 0 Å². The first kappa shape index (κ1) is 24.2. The molecule has 1 N–H and O–H groups in total. The molecule has 0 aliphatic carbocycles. The Kier molecular flexibility index (Phi) is 10.3. The Labute approximate surface area is 185 Å². The van der Waals surface area contributed by atoms with Crippen LogP contribution in [0.25, 0.3) is 0 Å². The zero-order valence-electron chi connectivity index (χ0n) is 16.4. The fraction of sp³-hybridized carbons (Fsp3) is 0.562. The Balaban J connectivity index is 0.00000392. The molecular formula is C16H26IN7O3S.